The lowest BCUT2D eigenvalue weighted by Crippen LogP contribution is -2.31. The Bertz CT molecular complexity index is 266. The van der Waals surface area contributed by atoms with Crippen molar-refractivity contribution < 1.29 is 28.0 Å². The minimum absolute atomic E-state index is 0.0500. The molecule has 0 aliphatic carbocycles. The van der Waals surface area contributed by atoms with Gasteiger partial charge in [-0.05, 0) is 6.92 Å². The maximum atomic E-state index is 12.0. The highest BCUT2D eigenvalue weighted by molar-refractivity contribution is 7.48. The molecule has 1 unspecified atom stereocenters. The number of ether oxygens (including phenoxy) is 1. The second kappa shape index (κ2) is 6.27. The monoisotopic (exact) mass is 268 g/mol. The van der Waals surface area contributed by atoms with Crippen LogP contribution in [-0.4, -0.2) is 44.2 Å². The van der Waals surface area contributed by atoms with Gasteiger partial charge in [-0.2, -0.15) is 0 Å². The van der Waals surface area contributed by atoms with Crippen LogP contribution < -0.4 is 0 Å². The Morgan fingerprint density at radius 1 is 1.41 bits per heavy atom. The van der Waals surface area contributed by atoms with Gasteiger partial charge in [0.1, 0.15) is 0 Å². The van der Waals surface area contributed by atoms with Gasteiger partial charge in [-0.15, -0.1) is 0 Å². The number of phosphoric ester groups is 1. The van der Waals surface area contributed by atoms with Crippen molar-refractivity contribution in [1.29, 1.82) is 0 Å². The number of aliphatic hydroxyl groups is 1. The van der Waals surface area contributed by atoms with E-state index in [9.17, 15) is 4.57 Å². The van der Waals surface area contributed by atoms with Gasteiger partial charge in [0, 0.05) is 5.41 Å². The van der Waals surface area contributed by atoms with Crippen LogP contribution in [0.5, 0.6) is 0 Å². The summed E-state index contributed by atoms with van der Waals surface area (Å²) < 4.78 is 32.6. The van der Waals surface area contributed by atoms with Gasteiger partial charge >= 0.3 is 7.82 Å². The van der Waals surface area contributed by atoms with Crippen molar-refractivity contribution in [2.24, 2.45) is 5.41 Å². The van der Waals surface area contributed by atoms with Gasteiger partial charge in [0.15, 0.2) is 0 Å². The summed E-state index contributed by atoms with van der Waals surface area (Å²) in [5, 5.41) is 8.54. The SMILES string of the molecule is CC(COCCO)OP1(=O)OCC(C)(C)CO1. The molecule has 102 valence electrons. The summed E-state index contributed by atoms with van der Waals surface area (Å²) in [4.78, 5) is 0. The molecule has 0 aromatic rings. The predicted octanol–water partition coefficient (Wildman–Crippen LogP) is 1.58. The highest BCUT2D eigenvalue weighted by Crippen LogP contribution is 2.55. The standard InChI is InChI=1S/C10H21O6P/c1-9(6-13-5-4-11)16-17(12)14-7-10(2,3)8-15-17/h9,11H,4-8H2,1-3H3. The summed E-state index contributed by atoms with van der Waals surface area (Å²) in [6.07, 6.45) is -0.409. The third-order valence-electron chi connectivity index (χ3n) is 2.12. The minimum atomic E-state index is -3.44. The first kappa shape index (κ1) is 15.1. The molecule has 0 amide bonds. The van der Waals surface area contributed by atoms with E-state index in [2.05, 4.69) is 0 Å². The molecular weight excluding hydrogens is 247 g/mol. The molecule has 0 radical (unpaired) electrons. The first-order valence-electron chi connectivity index (χ1n) is 5.63. The van der Waals surface area contributed by atoms with E-state index in [-0.39, 0.29) is 25.2 Å². The normalized spacial score (nSPS) is 24.5. The Morgan fingerprint density at radius 2 is 2.00 bits per heavy atom. The second-order valence-electron chi connectivity index (χ2n) is 4.87. The maximum Gasteiger partial charge on any atom is 0.475 e. The van der Waals surface area contributed by atoms with Crippen LogP contribution in [0.3, 0.4) is 0 Å². The molecule has 1 aliphatic heterocycles. The molecule has 7 heteroatoms. The average molecular weight is 268 g/mol. The summed E-state index contributed by atoms with van der Waals surface area (Å²) in [7, 11) is -3.44. The fraction of sp³-hybridized carbons (Fsp3) is 1.00. The van der Waals surface area contributed by atoms with Gasteiger partial charge in [0.25, 0.3) is 0 Å². The molecule has 1 saturated heterocycles. The third-order valence-corrected chi connectivity index (χ3v) is 3.63. The fourth-order valence-corrected chi connectivity index (χ4v) is 2.93. The zero-order valence-electron chi connectivity index (χ0n) is 10.5. The molecule has 1 heterocycles. The second-order valence-corrected chi connectivity index (χ2v) is 6.49. The van der Waals surface area contributed by atoms with E-state index in [0.717, 1.165) is 0 Å². The molecule has 6 nitrogen and oxygen atoms in total. The summed E-state index contributed by atoms with van der Waals surface area (Å²) in [5.41, 5.74) is -0.145. The fourth-order valence-electron chi connectivity index (χ4n) is 1.21. The lowest BCUT2D eigenvalue weighted by Gasteiger charge is -2.34. The molecule has 1 atom stereocenters. The quantitative estimate of drug-likeness (QED) is 0.582. The molecule has 1 aliphatic rings. The number of phosphoric acid groups is 1. The predicted molar refractivity (Wildman–Crippen MR) is 61.7 cm³/mol. The van der Waals surface area contributed by atoms with E-state index >= 15 is 0 Å². The van der Waals surface area contributed by atoms with Crippen LogP contribution in [0.4, 0.5) is 0 Å². The number of hydrogen-bond acceptors (Lipinski definition) is 6. The van der Waals surface area contributed by atoms with Crippen molar-refractivity contribution in [2.75, 3.05) is 33.0 Å². The largest absolute Gasteiger partial charge is 0.475 e. The summed E-state index contributed by atoms with van der Waals surface area (Å²) in [6.45, 7) is 6.74. The van der Waals surface area contributed by atoms with E-state index in [1.54, 1.807) is 6.92 Å². The van der Waals surface area contributed by atoms with Crippen molar-refractivity contribution in [3.05, 3.63) is 0 Å². The van der Waals surface area contributed by atoms with E-state index < -0.39 is 13.9 Å². The van der Waals surface area contributed by atoms with E-state index in [1.807, 2.05) is 13.8 Å². The van der Waals surface area contributed by atoms with Gasteiger partial charge in [-0.25, -0.2) is 4.57 Å². The first-order valence-corrected chi connectivity index (χ1v) is 7.09. The van der Waals surface area contributed by atoms with Crippen LogP contribution in [-0.2, 0) is 22.9 Å². The average Bonchev–Trinajstić information content (AvgIpc) is 2.24. The molecule has 0 saturated carbocycles. The summed E-state index contributed by atoms with van der Waals surface area (Å²) in [6, 6.07) is 0. The van der Waals surface area contributed by atoms with Gasteiger partial charge < -0.3 is 9.84 Å². The molecular formula is C10H21O6P. The molecule has 0 aromatic carbocycles. The van der Waals surface area contributed by atoms with Gasteiger partial charge in [0.05, 0.1) is 39.1 Å². The first-order chi connectivity index (χ1) is 7.87. The Kier molecular flexibility index (Phi) is 5.57. The van der Waals surface area contributed by atoms with Crippen LogP contribution in [0.1, 0.15) is 20.8 Å². The minimum Gasteiger partial charge on any atom is -0.394 e. The lowest BCUT2D eigenvalue weighted by molar-refractivity contribution is -0.0276. The molecule has 0 spiro atoms. The van der Waals surface area contributed by atoms with Crippen LogP contribution >= 0.6 is 7.82 Å². The Hall–Kier alpha value is 0.0300. The number of hydrogen-bond donors (Lipinski definition) is 1. The highest BCUT2D eigenvalue weighted by atomic mass is 31.2. The summed E-state index contributed by atoms with van der Waals surface area (Å²) >= 11 is 0. The Balaban J connectivity index is 2.33. The zero-order valence-corrected chi connectivity index (χ0v) is 11.4. The molecule has 1 rings (SSSR count). The molecule has 1 fully saturated rings. The lowest BCUT2D eigenvalue weighted by atomic mass is 9.97. The van der Waals surface area contributed by atoms with Crippen molar-refractivity contribution in [3.8, 4) is 0 Å². The smallest absolute Gasteiger partial charge is 0.394 e. The van der Waals surface area contributed by atoms with E-state index in [0.29, 0.717) is 13.2 Å². The van der Waals surface area contributed by atoms with Crippen molar-refractivity contribution >= 4 is 7.82 Å². The van der Waals surface area contributed by atoms with Gasteiger partial charge in [-0.3, -0.25) is 13.6 Å². The molecule has 0 aromatic heterocycles. The molecule has 17 heavy (non-hydrogen) atoms. The van der Waals surface area contributed by atoms with E-state index in [1.165, 1.54) is 0 Å². The third kappa shape index (κ3) is 5.46. The Morgan fingerprint density at radius 3 is 2.53 bits per heavy atom. The number of aliphatic hydroxyl groups excluding tert-OH is 1. The van der Waals surface area contributed by atoms with Crippen molar-refractivity contribution in [3.63, 3.8) is 0 Å². The topological polar surface area (TPSA) is 74.2 Å². The summed E-state index contributed by atoms with van der Waals surface area (Å²) in [5.74, 6) is 0. The van der Waals surface area contributed by atoms with E-state index in [4.69, 9.17) is 23.4 Å². The maximum absolute atomic E-state index is 12.0. The molecule has 1 N–H and O–H groups in total. The van der Waals surface area contributed by atoms with Crippen LogP contribution in [0.15, 0.2) is 0 Å². The zero-order chi connectivity index (χ0) is 12.9. The molecule has 0 bridgehead atoms. The highest BCUT2D eigenvalue weighted by Gasteiger charge is 2.39. The van der Waals surface area contributed by atoms with Crippen LogP contribution in [0, 0.1) is 5.41 Å². The van der Waals surface area contributed by atoms with Crippen LogP contribution in [0.25, 0.3) is 0 Å². The van der Waals surface area contributed by atoms with Crippen molar-refractivity contribution in [1.82, 2.24) is 0 Å². The van der Waals surface area contributed by atoms with Gasteiger partial charge in [-0.1, -0.05) is 13.8 Å². The number of rotatable bonds is 6. The van der Waals surface area contributed by atoms with Crippen molar-refractivity contribution in [2.45, 2.75) is 26.9 Å². The van der Waals surface area contributed by atoms with Gasteiger partial charge in [0.2, 0.25) is 0 Å². The Labute approximate surface area is 102 Å². The van der Waals surface area contributed by atoms with Crippen LogP contribution in [0.2, 0.25) is 0 Å².